The monoisotopic (exact) mass is 420 g/mol. The molecule has 5 N–H and O–H groups in total. The Morgan fingerprint density at radius 2 is 1.60 bits per heavy atom. The average Bonchev–Trinajstić information content (AvgIpc) is 3.13. The summed E-state index contributed by atoms with van der Waals surface area (Å²) in [6.07, 6.45) is 0. The summed E-state index contributed by atoms with van der Waals surface area (Å²) in [5, 5.41) is 5.89. The minimum atomic E-state index is -3.88. The van der Waals surface area contributed by atoms with Crippen molar-refractivity contribution < 1.29 is 13.2 Å². The summed E-state index contributed by atoms with van der Waals surface area (Å²) in [5.41, 5.74) is 8.99. The van der Waals surface area contributed by atoms with Gasteiger partial charge in [0.1, 0.15) is 5.69 Å². The van der Waals surface area contributed by atoms with Gasteiger partial charge in [-0.15, -0.1) is 0 Å². The molecule has 0 aliphatic heterocycles. The maximum atomic E-state index is 12.9. The first-order valence-electron chi connectivity index (χ1n) is 9.24. The third-order valence-corrected chi connectivity index (χ3v) is 5.64. The molecule has 0 unspecified atom stereocenters. The van der Waals surface area contributed by atoms with Gasteiger partial charge in [-0.2, -0.15) is 0 Å². The van der Waals surface area contributed by atoms with Gasteiger partial charge in [-0.1, -0.05) is 60.7 Å². The van der Waals surface area contributed by atoms with Gasteiger partial charge in [0, 0.05) is 23.0 Å². The summed E-state index contributed by atoms with van der Waals surface area (Å²) in [5.74, 6) is -0.363. The molecule has 7 nitrogen and oxygen atoms in total. The Morgan fingerprint density at radius 1 is 0.933 bits per heavy atom. The fourth-order valence-corrected chi connectivity index (χ4v) is 3.85. The van der Waals surface area contributed by atoms with Crippen LogP contribution in [0.15, 0.2) is 83.8 Å². The molecule has 4 aromatic rings. The van der Waals surface area contributed by atoms with Crippen molar-refractivity contribution in [2.24, 2.45) is 5.14 Å². The molecule has 0 saturated heterocycles. The van der Waals surface area contributed by atoms with Crippen molar-refractivity contribution in [2.75, 3.05) is 0 Å². The fraction of sp³-hybridized carbons (Fsp3) is 0.0455. The predicted octanol–water partition coefficient (Wildman–Crippen LogP) is 2.92. The standard InChI is InChI=1S/C22H20N4O3S/c23-30(28,29)17-11-12-19-18(13-17)20(16-9-5-2-6-10-16)21(25-19)22(27)26-24-14-15-7-3-1-4-8-15/h1-13,24-25H,14H2,(H,26,27)(H2,23,28,29). The molecule has 0 saturated carbocycles. The van der Waals surface area contributed by atoms with Gasteiger partial charge in [-0.3, -0.25) is 10.2 Å². The number of nitrogens with one attached hydrogen (secondary N) is 3. The number of fused-ring (bicyclic) bond motifs is 1. The Balaban J connectivity index is 1.72. The zero-order chi connectivity index (χ0) is 21.1. The van der Waals surface area contributed by atoms with Gasteiger partial charge in [0.05, 0.1) is 4.90 Å². The number of aromatic nitrogens is 1. The van der Waals surface area contributed by atoms with Crippen LogP contribution in [-0.2, 0) is 16.6 Å². The molecule has 0 fully saturated rings. The number of carbonyl (C=O) groups excluding carboxylic acids is 1. The molecule has 0 bridgehead atoms. The van der Waals surface area contributed by atoms with E-state index in [2.05, 4.69) is 15.8 Å². The minimum absolute atomic E-state index is 0.0136. The first-order valence-corrected chi connectivity index (χ1v) is 10.8. The van der Waals surface area contributed by atoms with Crippen LogP contribution < -0.4 is 16.0 Å². The lowest BCUT2D eigenvalue weighted by Gasteiger charge is -2.09. The number of hydrogen-bond donors (Lipinski definition) is 4. The van der Waals surface area contributed by atoms with Crippen molar-refractivity contribution in [3.05, 3.63) is 90.1 Å². The van der Waals surface area contributed by atoms with Crippen LogP contribution in [0.1, 0.15) is 16.1 Å². The molecule has 1 heterocycles. The lowest BCUT2D eigenvalue weighted by Crippen LogP contribution is -2.37. The molecule has 0 atom stereocenters. The Morgan fingerprint density at radius 3 is 2.27 bits per heavy atom. The highest BCUT2D eigenvalue weighted by molar-refractivity contribution is 7.89. The molecule has 0 radical (unpaired) electrons. The molecule has 8 heteroatoms. The number of hydrogen-bond acceptors (Lipinski definition) is 4. The molecule has 1 amide bonds. The van der Waals surface area contributed by atoms with Crippen LogP contribution in [0.4, 0.5) is 0 Å². The molecule has 3 aromatic carbocycles. The summed E-state index contributed by atoms with van der Waals surface area (Å²) < 4.78 is 23.6. The van der Waals surface area contributed by atoms with Gasteiger partial charge in [-0.25, -0.2) is 19.0 Å². The van der Waals surface area contributed by atoms with E-state index in [1.807, 2.05) is 60.7 Å². The zero-order valence-corrected chi connectivity index (χ0v) is 16.7. The van der Waals surface area contributed by atoms with Crippen molar-refractivity contribution >= 4 is 26.8 Å². The topological polar surface area (TPSA) is 117 Å². The van der Waals surface area contributed by atoms with Crippen LogP contribution in [0.3, 0.4) is 0 Å². The van der Waals surface area contributed by atoms with Crippen molar-refractivity contribution in [1.82, 2.24) is 15.8 Å². The van der Waals surface area contributed by atoms with E-state index in [0.29, 0.717) is 28.7 Å². The number of sulfonamides is 1. The van der Waals surface area contributed by atoms with Crippen LogP contribution in [0, 0.1) is 0 Å². The average molecular weight is 420 g/mol. The van der Waals surface area contributed by atoms with Crippen LogP contribution in [0.25, 0.3) is 22.0 Å². The molecule has 0 spiro atoms. The number of aromatic amines is 1. The molecule has 0 aliphatic rings. The summed E-state index contributed by atoms with van der Waals surface area (Å²) in [7, 11) is -3.88. The van der Waals surface area contributed by atoms with Crippen LogP contribution in [0.2, 0.25) is 0 Å². The van der Waals surface area contributed by atoms with Crippen LogP contribution in [-0.4, -0.2) is 19.3 Å². The van der Waals surface area contributed by atoms with Crippen molar-refractivity contribution in [2.45, 2.75) is 11.4 Å². The first-order chi connectivity index (χ1) is 14.4. The van der Waals surface area contributed by atoms with Gasteiger partial charge in [0.15, 0.2) is 0 Å². The number of primary sulfonamides is 1. The highest BCUT2D eigenvalue weighted by atomic mass is 32.2. The Hall–Kier alpha value is -3.46. The van der Waals surface area contributed by atoms with Gasteiger partial charge < -0.3 is 4.98 Å². The lowest BCUT2D eigenvalue weighted by atomic mass is 10.0. The summed E-state index contributed by atoms with van der Waals surface area (Å²) in [6.45, 7) is 0.461. The van der Waals surface area contributed by atoms with Crippen LogP contribution >= 0.6 is 0 Å². The van der Waals surface area contributed by atoms with Gasteiger partial charge in [0.25, 0.3) is 5.91 Å². The number of rotatable bonds is 6. The highest BCUT2D eigenvalue weighted by Crippen LogP contribution is 2.33. The summed E-state index contributed by atoms with van der Waals surface area (Å²) in [4.78, 5) is 16.0. The largest absolute Gasteiger partial charge is 0.350 e. The van der Waals surface area contributed by atoms with Crippen molar-refractivity contribution in [3.8, 4) is 11.1 Å². The normalized spacial score (nSPS) is 11.5. The van der Waals surface area contributed by atoms with E-state index in [1.54, 1.807) is 6.07 Å². The third-order valence-electron chi connectivity index (χ3n) is 4.73. The SMILES string of the molecule is NS(=O)(=O)c1ccc2[nH]c(C(=O)NNCc3ccccc3)c(-c3ccccc3)c2c1. The molecule has 1 aromatic heterocycles. The third kappa shape index (κ3) is 4.11. The van der Waals surface area contributed by atoms with E-state index in [-0.39, 0.29) is 10.8 Å². The van der Waals surface area contributed by atoms with Gasteiger partial charge in [0.2, 0.25) is 10.0 Å². The molecule has 152 valence electrons. The lowest BCUT2D eigenvalue weighted by molar-refractivity contribution is 0.0928. The summed E-state index contributed by atoms with van der Waals surface area (Å²) >= 11 is 0. The second-order valence-electron chi connectivity index (χ2n) is 6.79. The van der Waals surface area contributed by atoms with E-state index in [1.165, 1.54) is 12.1 Å². The molecule has 0 aliphatic carbocycles. The Bertz CT molecular complexity index is 1300. The number of hydrazine groups is 1. The second-order valence-corrected chi connectivity index (χ2v) is 8.35. The molecule has 4 rings (SSSR count). The smallest absolute Gasteiger partial charge is 0.282 e. The van der Waals surface area contributed by atoms with E-state index < -0.39 is 10.0 Å². The maximum Gasteiger partial charge on any atom is 0.282 e. The molecular weight excluding hydrogens is 400 g/mol. The predicted molar refractivity (Wildman–Crippen MR) is 116 cm³/mol. The molecule has 30 heavy (non-hydrogen) atoms. The van der Waals surface area contributed by atoms with Gasteiger partial charge >= 0.3 is 0 Å². The number of amides is 1. The zero-order valence-electron chi connectivity index (χ0n) is 15.9. The quantitative estimate of drug-likeness (QED) is 0.359. The van der Waals surface area contributed by atoms with Crippen molar-refractivity contribution in [3.63, 3.8) is 0 Å². The first kappa shape index (κ1) is 19.8. The number of H-pyrrole nitrogens is 1. The maximum absolute atomic E-state index is 12.9. The van der Waals surface area contributed by atoms with E-state index >= 15 is 0 Å². The van der Waals surface area contributed by atoms with Crippen LogP contribution in [0.5, 0.6) is 0 Å². The number of benzene rings is 3. The second kappa shape index (κ2) is 8.11. The highest BCUT2D eigenvalue weighted by Gasteiger charge is 2.21. The fourth-order valence-electron chi connectivity index (χ4n) is 3.31. The van der Waals surface area contributed by atoms with Crippen molar-refractivity contribution in [1.29, 1.82) is 0 Å². The van der Waals surface area contributed by atoms with E-state index in [0.717, 1.165) is 11.1 Å². The van der Waals surface area contributed by atoms with E-state index in [9.17, 15) is 13.2 Å². The van der Waals surface area contributed by atoms with E-state index in [4.69, 9.17) is 5.14 Å². The number of nitrogens with two attached hydrogens (primary N) is 1. The minimum Gasteiger partial charge on any atom is -0.350 e. The summed E-state index contributed by atoms with van der Waals surface area (Å²) in [6, 6.07) is 23.5. The Kier molecular flexibility index (Phi) is 5.37. The Labute approximate surface area is 173 Å². The number of carbonyl (C=O) groups is 1. The molecular formula is C22H20N4O3S. The van der Waals surface area contributed by atoms with Gasteiger partial charge in [-0.05, 0) is 29.3 Å².